The monoisotopic (exact) mass is 1250 g/mol. The number of likely N-dealkylation sites (N-methyl/N-ethyl adjacent to an activating group) is 1. The minimum Gasteiger partial charge on any atom is -0.460 e. The summed E-state index contributed by atoms with van der Waals surface area (Å²) >= 11 is 1.32. The van der Waals surface area contributed by atoms with Crippen LogP contribution in [0.25, 0.3) is 0 Å². The van der Waals surface area contributed by atoms with Gasteiger partial charge in [-0.25, -0.2) is 4.79 Å². The number of methoxy groups -OCH3 is 1. The molecule has 5 saturated heterocycles. The number of rotatable bonds is 18. The molecule has 2 aromatic rings. The number of fused-ring (bicyclic) bond motifs is 1. The van der Waals surface area contributed by atoms with Gasteiger partial charge in [0.2, 0.25) is 11.8 Å². The Morgan fingerprint density at radius 2 is 1.49 bits per heavy atom. The van der Waals surface area contributed by atoms with Gasteiger partial charge in [0.1, 0.15) is 47.5 Å². The summed E-state index contributed by atoms with van der Waals surface area (Å²) in [6.07, 6.45) is -7.66. The van der Waals surface area contributed by atoms with Crippen LogP contribution in [-0.4, -0.2) is 214 Å². The minimum atomic E-state index is -1.96. The quantitative estimate of drug-likeness (QED) is 0.0622. The van der Waals surface area contributed by atoms with Crippen LogP contribution in [0.3, 0.4) is 0 Å². The Hall–Kier alpha value is -4.79. The second-order valence-corrected chi connectivity index (χ2v) is 28.4. The van der Waals surface area contributed by atoms with E-state index in [1.165, 1.54) is 30.7 Å². The molecule has 2 amide bonds. The Labute approximate surface area is 523 Å². The first-order valence-electron chi connectivity index (χ1n) is 31.0. The third-order valence-electron chi connectivity index (χ3n) is 18.7. The molecule has 0 saturated carbocycles. The van der Waals surface area contributed by atoms with Crippen LogP contribution in [-0.2, 0) is 78.0 Å². The number of aliphatic hydroxyl groups excluding tert-OH is 1. The molecule has 2 aromatic carbocycles. The summed E-state index contributed by atoms with van der Waals surface area (Å²) in [6, 6.07) is 14.8. The molecule has 5 aliphatic rings. The van der Waals surface area contributed by atoms with Gasteiger partial charge in [0.15, 0.2) is 24.6 Å². The van der Waals surface area contributed by atoms with Crippen molar-refractivity contribution in [2.45, 2.75) is 241 Å². The van der Waals surface area contributed by atoms with Gasteiger partial charge in [-0.2, -0.15) is 0 Å². The lowest BCUT2D eigenvalue weighted by atomic mass is 9.77. The van der Waals surface area contributed by atoms with E-state index < -0.39 is 154 Å². The van der Waals surface area contributed by atoms with Gasteiger partial charge < -0.3 is 73.1 Å². The molecular weight excluding hydrogens is 1160 g/mol. The van der Waals surface area contributed by atoms with E-state index in [2.05, 4.69) is 10.2 Å². The van der Waals surface area contributed by atoms with Crippen molar-refractivity contribution in [3.63, 3.8) is 0 Å². The van der Waals surface area contributed by atoms with Crippen molar-refractivity contribution >= 4 is 47.5 Å². The highest BCUT2D eigenvalue weighted by Crippen LogP contribution is 2.52. The Morgan fingerprint density at radius 3 is 2.10 bits per heavy atom. The molecule has 0 bridgehead atoms. The first-order chi connectivity index (χ1) is 41.3. The van der Waals surface area contributed by atoms with E-state index in [1.54, 1.807) is 84.0 Å². The predicted molar refractivity (Wildman–Crippen MR) is 326 cm³/mol. The average molecular weight is 1260 g/mol. The van der Waals surface area contributed by atoms with E-state index in [-0.39, 0.29) is 50.4 Å². The fourth-order valence-electron chi connectivity index (χ4n) is 13.8. The van der Waals surface area contributed by atoms with Crippen LogP contribution in [0.4, 0.5) is 0 Å². The number of nitrogens with one attached hydrogen (secondary N) is 1. The predicted octanol–water partition coefficient (Wildman–Crippen LogP) is 5.49. The summed E-state index contributed by atoms with van der Waals surface area (Å²) in [5.41, 5.74) is -3.78. The molecule has 22 nitrogen and oxygen atoms in total. The summed E-state index contributed by atoms with van der Waals surface area (Å²) in [6.45, 7) is 21.0. The highest BCUT2D eigenvalue weighted by Gasteiger charge is 2.66. The van der Waals surface area contributed by atoms with E-state index in [9.17, 15) is 44.1 Å². The van der Waals surface area contributed by atoms with Crippen molar-refractivity contribution in [3.05, 3.63) is 71.8 Å². The van der Waals surface area contributed by atoms with Gasteiger partial charge in [-0.1, -0.05) is 81.4 Å². The topological polar surface area (TPSA) is 268 Å². The molecule has 5 aliphatic heterocycles. The number of β-lactam (4-membered cyclic amide) rings is 1. The number of amides is 2. The number of nitrogens with zero attached hydrogens (tertiary/aromatic N) is 3. The SMILES string of the molecule is CC[C@H]1OC(=O)[C@H](C)[C@@H](O[C@H]2C[C@@](C)(OC)[C@@H](OC(=O)C3N4C(=O)C(NC(=O)C(C(=O)OCc5ccccc5)c5ccccc5)C4SC3(C)C)[C@H](C)O2)[C@H](C)[C@@H](O[C@H]2C[C@@H](N(C)C)C[C@@H](C)O2)[C@](C)(O)C[C@@H](C)CN(C)[C@H](C)[C@@H](OC(=O)CCO)[C@]1(C)O. The van der Waals surface area contributed by atoms with Crippen molar-refractivity contribution in [1.82, 2.24) is 20.0 Å². The zero-order valence-corrected chi connectivity index (χ0v) is 55.1. The number of aliphatic hydroxyl groups is 3. The fraction of sp³-hybridized carbons (Fsp3) is 0.723. The zero-order valence-electron chi connectivity index (χ0n) is 54.2. The number of carbonyl (C=O) groups is 6. The third kappa shape index (κ3) is 15.9. The van der Waals surface area contributed by atoms with Crippen LogP contribution >= 0.6 is 11.8 Å². The summed E-state index contributed by atoms with van der Waals surface area (Å²) in [5.74, 6) is -7.91. The van der Waals surface area contributed by atoms with Gasteiger partial charge in [-0.15, -0.1) is 11.8 Å². The molecule has 4 N–H and O–H groups in total. The lowest BCUT2D eigenvalue weighted by molar-refractivity contribution is -0.310. The lowest BCUT2D eigenvalue weighted by Crippen LogP contribution is -2.71. The molecule has 0 radical (unpaired) electrons. The molecular formula is C65H98N4O18S. The van der Waals surface area contributed by atoms with E-state index in [4.69, 9.17) is 42.6 Å². The number of carbonyl (C=O) groups excluding carboxylic acids is 6. The normalized spacial score (nSPS) is 37.9. The summed E-state index contributed by atoms with van der Waals surface area (Å²) < 4.78 is 56.8. The van der Waals surface area contributed by atoms with Crippen LogP contribution in [0.15, 0.2) is 60.7 Å². The number of benzene rings is 2. The zero-order chi connectivity index (χ0) is 65.0. The molecule has 0 aliphatic carbocycles. The minimum absolute atomic E-state index is 0.0561. The first-order valence-corrected chi connectivity index (χ1v) is 31.9. The highest BCUT2D eigenvalue weighted by molar-refractivity contribution is 8.01. The first kappa shape index (κ1) is 70.7. The number of esters is 4. The van der Waals surface area contributed by atoms with E-state index in [0.717, 1.165) is 12.0 Å². The number of ether oxygens (including phenoxy) is 9. The molecule has 0 aromatic heterocycles. The van der Waals surface area contributed by atoms with E-state index in [1.807, 2.05) is 78.9 Å². The van der Waals surface area contributed by atoms with Gasteiger partial charge in [0, 0.05) is 49.2 Å². The molecule has 5 heterocycles. The van der Waals surface area contributed by atoms with Crippen molar-refractivity contribution < 1.29 is 86.7 Å². The molecule has 21 atom stereocenters. The maximum absolute atomic E-state index is 15.0. The smallest absolute Gasteiger partial charge is 0.330 e. The van der Waals surface area contributed by atoms with E-state index in [0.29, 0.717) is 18.5 Å². The van der Waals surface area contributed by atoms with Crippen molar-refractivity contribution in [3.8, 4) is 0 Å². The standard InChI is InChI=1S/C65H98N4O18S/c1-17-45-65(12,78)54(84-46(71)28-29-70)40(6)68(15)34-36(2)32-63(10,77)53(86-47-31-44(67(13)14)30-37(3)81-47)38(4)51(39(5)59(74)83-45)85-48-33-64(11,79-16)55(41(7)82-48)87-61(76)52-62(8,9)88-58-50(57(73)69(52)58)66-56(72)49(43-26-22-19-23-27-43)60(75)80-35-42-24-20-18-21-25-42/h18-27,36-41,44-45,47-55,58,70,77-78H,17,28-35H2,1-16H3,(H,66,72)/t36-,37-,38+,39-,40-,41+,44+,45-,47+,48+,49?,50?,51+,52?,53-,54-,55+,58?,63-,64-,65-/m1/s1. The van der Waals surface area contributed by atoms with Crippen LogP contribution in [0.5, 0.6) is 0 Å². The van der Waals surface area contributed by atoms with Gasteiger partial charge in [-0.3, -0.25) is 28.9 Å². The highest BCUT2D eigenvalue weighted by atomic mass is 32.2. The Morgan fingerprint density at radius 1 is 0.841 bits per heavy atom. The van der Waals surface area contributed by atoms with Gasteiger partial charge in [-0.05, 0) is 120 Å². The molecule has 4 unspecified atom stereocenters. The average Bonchev–Trinajstić information content (AvgIpc) is 1.55. The number of hydrogen-bond acceptors (Lipinski definition) is 21. The fourth-order valence-corrected chi connectivity index (χ4v) is 15.4. The maximum atomic E-state index is 15.0. The summed E-state index contributed by atoms with van der Waals surface area (Å²) in [4.78, 5) is 90.5. The van der Waals surface area contributed by atoms with Crippen LogP contribution in [0.1, 0.15) is 139 Å². The van der Waals surface area contributed by atoms with Crippen LogP contribution in [0, 0.1) is 17.8 Å². The van der Waals surface area contributed by atoms with Crippen molar-refractivity contribution in [1.29, 1.82) is 0 Å². The van der Waals surface area contributed by atoms with Crippen LogP contribution < -0.4 is 5.32 Å². The van der Waals surface area contributed by atoms with Crippen LogP contribution in [0.2, 0.25) is 0 Å². The Kier molecular flexibility index (Phi) is 23.5. The second-order valence-electron chi connectivity index (χ2n) is 26.6. The number of thioether (sulfide) groups is 1. The van der Waals surface area contributed by atoms with Crippen molar-refractivity contribution in [2.24, 2.45) is 17.8 Å². The largest absolute Gasteiger partial charge is 0.460 e. The third-order valence-corrected chi connectivity index (χ3v) is 20.3. The lowest BCUT2D eigenvalue weighted by Gasteiger charge is -2.49. The molecule has 7 rings (SSSR count). The molecule has 23 heteroatoms. The summed E-state index contributed by atoms with van der Waals surface area (Å²) in [7, 11) is 7.29. The van der Waals surface area contributed by atoms with E-state index >= 15 is 0 Å². The maximum Gasteiger partial charge on any atom is 0.330 e. The van der Waals surface area contributed by atoms with Gasteiger partial charge in [0.05, 0.1) is 49.0 Å². The summed E-state index contributed by atoms with van der Waals surface area (Å²) in [5, 5.41) is 37.3. The Balaban J connectivity index is 1.14. The molecule has 5 fully saturated rings. The van der Waals surface area contributed by atoms with Gasteiger partial charge in [0.25, 0.3) is 0 Å². The molecule has 0 spiro atoms. The Bertz CT molecular complexity index is 2700. The number of cyclic esters (lactones) is 1. The molecule has 492 valence electrons. The molecule has 88 heavy (non-hydrogen) atoms. The van der Waals surface area contributed by atoms with Gasteiger partial charge >= 0.3 is 23.9 Å². The van der Waals surface area contributed by atoms with Crippen molar-refractivity contribution in [2.75, 3.05) is 41.4 Å². The number of hydrogen-bond donors (Lipinski definition) is 4. The second kappa shape index (κ2) is 29.2.